The Labute approximate surface area is 108 Å². The Morgan fingerprint density at radius 3 is 2.88 bits per heavy atom. The van der Waals surface area contributed by atoms with Crippen molar-refractivity contribution in [2.24, 2.45) is 0 Å². The molecule has 88 valence electrons. The van der Waals surface area contributed by atoms with Gasteiger partial charge in [-0.2, -0.15) is 0 Å². The van der Waals surface area contributed by atoms with Crippen molar-refractivity contribution in [2.45, 2.75) is 19.3 Å². The summed E-state index contributed by atoms with van der Waals surface area (Å²) in [4.78, 5) is 25.6. The lowest BCUT2D eigenvalue weighted by Gasteiger charge is -2.03. The van der Waals surface area contributed by atoms with E-state index in [-0.39, 0.29) is 16.9 Å². The minimum Gasteiger partial charge on any atom is -0.367 e. The number of unbranched alkanes of at least 4 members (excludes halogenated alkanes) is 2. The number of aromatic amines is 1. The van der Waals surface area contributed by atoms with Gasteiger partial charge in [0.05, 0.1) is 0 Å². The molecule has 16 heavy (non-hydrogen) atoms. The molecule has 0 aliphatic carbocycles. The summed E-state index contributed by atoms with van der Waals surface area (Å²) in [5, 5.41) is 2.74. The maximum absolute atomic E-state index is 11.6. The van der Waals surface area contributed by atoms with Gasteiger partial charge in [0.2, 0.25) is 0 Å². The van der Waals surface area contributed by atoms with Crippen LogP contribution in [0.1, 0.15) is 29.6 Å². The van der Waals surface area contributed by atoms with E-state index in [0.717, 1.165) is 17.3 Å². The topological polar surface area (TPSA) is 62.0 Å². The highest BCUT2D eigenvalue weighted by Crippen LogP contribution is 1.97. The number of H-pyrrole nitrogens is 1. The SMILES string of the molecule is O=C(NCCCCCI)c1c[nH]ccc1=O. The van der Waals surface area contributed by atoms with Crippen molar-refractivity contribution >= 4 is 28.5 Å². The third kappa shape index (κ3) is 4.34. The van der Waals surface area contributed by atoms with Gasteiger partial charge < -0.3 is 10.3 Å². The zero-order chi connectivity index (χ0) is 11.8. The van der Waals surface area contributed by atoms with E-state index in [4.69, 9.17) is 0 Å². The van der Waals surface area contributed by atoms with Gasteiger partial charge in [-0.15, -0.1) is 0 Å². The first-order chi connectivity index (χ1) is 7.75. The summed E-state index contributed by atoms with van der Waals surface area (Å²) >= 11 is 2.33. The Morgan fingerprint density at radius 1 is 1.38 bits per heavy atom. The fourth-order valence-electron chi connectivity index (χ4n) is 1.29. The molecule has 0 unspecified atom stereocenters. The molecule has 5 heteroatoms. The van der Waals surface area contributed by atoms with Gasteiger partial charge in [-0.25, -0.2) is 0 Å². The van der Waals surface area contributed by atoms with Crippen molar-refractivity contribution in [3.8, 4) is 0 Å². The van der Waals surface area contributed by atoms with Crippen molar-refractivity contribution in [2.75, 3.05) is 11.0 Å². The molecule has 4 nitrogen and oxygen atoms in total. The molecule has 1 rings (SSSR count). The van der Waals surface area contributed by atoms with Crippen LogP contribution in [-0.2, 0) is 0 Å². The number of carbonyl (C=O) groups is 1. The van der Waals surface area contributed by atoms with Crippen LogP contribution in [0, 0.1) is 0 Å². The van der Waals surface area contributed by atoms with Crippen molar-refractivity contribution in [1.82, 2.24) is 10.3 Å². The van der Waals surface area contributed by atoms with E-state index >= 15 is 0 Å². The third-order valence-electron chi connectivity index (χ3n) is 2.16. The van der Waals surface area contributed by atoms with E-state index in [1.54, 1.807) is 0 Å². The Morgan fingerprint density at radius 2 is 2.19 bits per heavy atom. The second-order valence-electron chi connectivity index (χ2n) is 3.43. The van der Waals surface area contributed by atoms with E-state index in [1.165, 1.54) is 24.9 Å². The van der Waals surface area contributed by atoms with E-state index in [9.17, 15) is 9.59 Å². The van der Waals surface area contributed by atoms with Crippen LogP contribution in [0.4, 0.5) is 0 Å². The van der Waals surface area contributed by atoms with Crippen LogP contribution >= 0.6 is 22.6 Å². The molecule has 0 fully saturated rings. The maximum Gasteiger partial charge on any atom is 0.256 e. The highest BCUT2D eigenvalue weighted by atomic mass is 127. The van der Waals surface area contributed by atoms with Gasteiger partial charge in [0.25, 0.3) is 5.91 Å². The zero-order valence-electron chi connectivity index (χ0n) is 8.96. The first-order valence-corrected chi connectivity index (χ1v) is 6.79. The number of alkyl halides is 1. The molecule has 1 heterocycles. The average molecular weight is 334 g/mol. The van der Waals surface area contributed by atoms with Crippen LogP contribution in [0.5, 0.6) is 0 Å². The number of rotatable bonds is 6. The molecule has 2 N–H and O–H groups in total. The van der Waals surface area contributed by atoms with Gasteiger partial charge in [0.1, 0.15) is 5.56 Å². The zero-order valence-corrected chi connectivity index (χ0v) is 11.1. The number of pyridine rings is 1. The van der Waals surface area contributed by atoms with Crippen LogP contribution in [0.3, 0.4) is 0 Å². The van der Waals surface area contributed by atoms with Gasteiger partial charge in [-0.05, 0) is 17.3 Å². The Kier molecular flexibility index (Phi) is 6.14. The molecular weight excluding hydrogens is 319 g/mol. The molecule has 1 aromatic rings. The number of halogens is 1. The number of hydrogen-bond donors (Lipinski definition) is 2. The molecule has 0 saturated carbocycles. The number of hydrogen-bond acceptors (Lipinski definition) is 2. The molecule has 1 amide bonds. The Hall–Kier alpha value is -0.850. The molecular formula is C11H15IN2O2. The van der Waals surface area contributed by atoms with Crippen LogP contribution < -0.4 is 10.7 Å². The summed E-state index contributed by atoms with van der Waals surface area (Å²) in [6.07, 6.45) is 6.18. The number of aromatic nitrogens is 1. The lowest BCUT2D eigenvalue weighted by Crippen LogP contribution is -2.29. The second-order valence-corrected chi connectivity index (χ2v) is 4.51. The minimum absolute atomic E-state index is 0.177. The van der Waals surface area contributed by atoms with Crippen LogP contribution in [0.15, 0.2) is 23.3 Å². The van der Waals surface area contributed by atoms with Crippen LogP contribution in [0.2, 0.25) is 0 Å². The monoisotopic (exact) mass is 334 g/mol. The summed E-state index contributed by atoms with van der Waals surface area (Å²) in [7, 11) is 0. The fraction of sp³-hybridized carbons (Fsp3) is 0.455. The lowest BCUT2D eigenvalue weighted by molar-refractivity contribution is 0.0951. The summed E-state index contributed by atoms with van der Waals surface area (Å²) < 4.78 is 1.14. The number of nitrogens with one attached hydrogen (secondary N) is 2. The standard InChI is InChI=1S/C11H15IN2O2/c12-5-2-1-3-6-14-11(16)9-8-13-7-4-10(9)15/h4,7-8H,1-3,5-6H2,(H,13,15)(H,14,16). The van der Waals surface area contributed by atoms with Crippen LogP contribution in [0.25, 0.3) is 0 Å². The highest BCUT2D eigenvalue weighted by Gasteiger charge is 2.07. The van der Waals surface area contributed by atoms with Crippen LogP contribution in [-0.4, -0.2) is 21.9 Å². The van der Waals surface area contributed by atoms with Gasteiger partial charge >= 0.3 is 0 Å². The lowest BCUT2D eigenvalue weighted by atomic mass is 10.2. The minimum atomic E-state index is -0.295. The number of amides is 1. The first-order valence-electron chi connectivity index (χ1n) is 5.27. The van der Waals surface area contributed by atoms with Crippen molar-refractivity contribution < 1.29 is 4.79 Å². The quantitative estimate of drug-likeness (QED) is 0.473. The Bertz CT molecular complexity index is 390. The predicted molar refractivity (Wildman–Crippen MR) is 72.1 cm³/mol. The largest absolute Gasteiger partial charge is 0.367 e. The van der Waals surface area contributed by atoms with Crippen molar-refractivity contribution in [3.63, 3.8) is 0 Å². The summed E-state index contributed by atoms with van der Waals surface area (Å²) in [6, 6.07) is 1.35. The fourth-order valence-corrected chi connectivity index (χ4v) is 1.83. The van der Waals surface area contributed by atoms with Gasteiger partial charge in [0, 0.05) is 25.0 Å². The molecule has 0 radical (unpaired) electrons. The van der Waals surface area contributed by atoms with Gasteiger partial charge in [-0.3, -0.25) is 9.59 Å². The number of carbonyl (C=O) groups excluding carboxylic acids is 1. The molecule has 0 spiro atoms. The van der Waals surface area contributed by atoms with Gasteiger partial charge in [0.15, 0.2) is 5.43 Å². The normalized spacial score (nSPS) is 10.1. The third-order valence-corrected chi connectivity index (χ3v) is 2.93. The molecule has 0 aromatic carbocycles. The first kappa shape index (κ1) is 13.2. The van der Waals surface area contributed by atoms with Crippen molar-refractivity contribution in [1.29, 1.82) is 0 Å². The molecule has 0 aliphatic heterocycles. The van der Waals surface area contributed by atoms with E-state index in [1.807, 2.05) is 0 Å². The molecule has 0 bridgehead atoms. The van der Waals surface area contributed by atoms with E-state index < -0.39 is 0 Å². The summed E-state index contributed by atoms with van der Waals surface area (Å²) in [5.41, 5.74) is -0.0695. The van der Waals surface area contributed by atoms with Gasteiger partial charge in [-0.1, -0.05) is 29.0 Å². The van der Waals surface area contributed by atoms with E-state index in [0.29, 0.717) is 6.54 Å². The molecule has 0 saturated heterocycles. The smallest absolute Gasteiger partial charge is 0.256 e. The predicted octanol–water partition coefficient (Wildman–Crippen LogP) is 1.71. The summed E-state index contributed by atoms with van der Waals surface area (Å²) in [6.45, 7) is 0.629. The van der Waals surface area contributed by atoms with E-state index in [2.05, 4.69) is 32.9 Å². The molecule has 0 aliphatic rings. The Balaban J connectivity index is 2.36. The maximum atomic E-state index is 11.6. The highest BCUT2D eigenvalue weighted by molar-refractivity contribution is 14.1. The van der Waals surface area contributed by atoms with Crippen molar-refractivity contribution in [3.05, 3.63) is 34.2 Å². The molecule has 0 atom stereocenters. The second kappa shape index (κ2) is 7.43. The molecule has 1 aromatic heterocycles. The average Bonchev–Trinajstić information content (AvgIpc) is 2.29. The summed E-state index contributed by atoms with van der Waals surface area (Å²) in [5.74, 6) is -0.295.